The number of amides is 1. The van der Waals surface area contributed by atoms with Crippen molar-refractivity contribution in [2.24, 2.45) is 0 Å². The molecule has 0 unspecified atom stereocenters. The van der Waals surface area contributed by atoms with Crippen molar-refractivity contribution in [3.63, 3.8) is 0 Å². The minimum absolute atomic E-state index is 0.191. The first-order chi connectivity index (χ1) is 13.2. The Labute approximate surface area is 158 Å². The number of hydrogen-bond acceptors (Lipinski definition) is 5. The third-order valence-electron chi connectivity index (χ3n) is 5.15. The summed E-state index contributed by atoms with van der Waals surface area (Å²) >= 11 is 0. The molecule has 4 rings (SSSR count). The quantitative estimate of drug-likeness (QED) is 0.746. The molecule has 3 aromatic rings. The Balaban J connectivity index is 1.71. The van der Waals surface area contributed by atoms with Crippen LogP contribution < -0.4 is 10.2 Å². The number of carbonyl (C=O) groups excluding carboxylic acids is 1. The molecular weight excluding hydrogens is 340 g/mol. The Kier molecular flexibility index (Phi) is 4.79. The van der Waals surface area contributed by atoms with Crippen LogP contribution in [0.3, 0.4) is 0 Å². The molecule has 6 heteroatoms. The Bertz CT molecular complexity index is 956. The number of hydrogen-bond donors (Lipinski definition) is 1. The molecule has 0 aliphatic carbocycles. The highest BCUT2D eigenvalue weighted by atomic mass is 16.3. The van der Waals surface area contributed by atoms with Crippen LogP contribution in [-0.4, -0.2) is 29.0 Å². The van der Waals surface area contributed by atoms with Gasteiger partial charge in [0.25, 0.3) is 5.91 Å². The summed E-state index contributed by atoms with van der Waals surface area (Å²) in [5, 5.41) is 3.69. The molecule has 1 amide bonds. The van der Waals surface area contributed by atoms with E-state index in [4.69, 9.17) is 4.42 Å². The van der Waals surface area contributed by atoms with Crippen molar-refractivity contribution in [2.75, 3.05) is 23.3 Å². The zero-order valence-electron chi connectivity index (χ0n) is 15.8. The topological polar surface area (TPSA) is 71.3 Å². The smallest absolute Gasteiger partial charge is 0.260 e. The largest absolute Gasteiger partial charge is 0.442 e. The summed E-state index contributed by atoms with van der Waals surface area (Å²) in [5.74, 6) is 1.16. The molecule has 1 aliphatic heterocycles. The van der Waals surface area contributed by atoms with Crippen LogP contribution in [0, 0.1) is 6.92 Å². The minimum Gasteiger partial charge on any atom is -0.442 e. The van der Waals surface area contributed by atoms with Crippen molar-refractivity contribution in [3.05, 3.63) is 47.5 Å². The fourth-order valence-electron chi connectivity index (χ4n) is 3.67. The second-order valence-electron chi connectivity index (χ2n) is 6.96. The maximum absolute atomic E-state index is 13.1. The van der Waals surface area contributed by atoms with Crippen molar-refractivity contribution in [1.29, 1.82) is 0 Å². The summed E-state index contributed by atoms with van der Waals surface area (Å²) in [4.78, 5) is 24.0. The van der Waals surface area contributed by atoms with Gasteiger partial charge in [-0.2, -0.15) is 0 Å². The van der Waals surface area contributed by atoms with Gasteiger partial charge in [-0.1, -0.05) is 19.1 Å². The van der Waals surface area contributed by atoms with Crippen molar-refractivity contribution in [1.82, 2.24) is 9.97 Å². The number of nitrogens with one attached hydrogen (secondary N) is 1. The third-order valence-corrected chi connectivity index (χ3v) is 5.15. The van der Waals surface area contributed by atoms with Crippen LogP contribution in [0.15, 0.2) is 35.0 Å². The molecule has 1 aliphatic rings. The molecule has 0 radical (unpaired) electrons. The van der Waals surface area contributed by atoms with Gasteiger partial charge in [0.1, 0.15) is 17.9 Å². The molecule has 1 fully saturated rings. The number of anilines is 2. The molecule has 3 heterocycles. The lowest BCUT2D eigenvalue weighted by Crippen LogP contribution is -2.30. The number of carbonyl (C=O) groups is 1. The van der Waals surface area contributed by atoms with Gasteiger partial charge in [0, 0.05) is 18.8 Å². The highest BCUT2D eigenvalue weighted by Gasteiger charge is 2.25. The molecular formula is C21H24N4O2. The van der Waals surface area contributed by atoms with Crippen molar-refractivity contribution in [2.45, 2.75) is 39.5 Å². The molecule has 0 bridgehead atoms. The first-order valence-electron chi connectivity index (χ1n) is 9.56. The van der Waals surface area contributed by atoms with Crippen molar-refractivity contribution in [3.8, 4) is 0 Å². The second kappa shape index (κ2) is 7.39. The number of piperidine rings is 1. The van der Waals surface area contributed by atoms with Crippen LogP contribution in [0.4, 0.5) is 11.5 Å². The highest BCUT2D eigenvalue weighted by Crippen LogP contribution is 2.33. The summed E-state index contributed by atoms with van der Waals surface area (Å²) in [6, 6.07) is 7.91. The Morgan fingerprint density at radius 3 is 2.59 bits per heavy atom. The molecule has 0 atom stereocenters. The molecule has 1 aromatic carbocycles. The van der Waals surface area contributed by atoms with Gasteiger partial charge in [0.15, 0.2) is 0 Å². The van der Waals surface area contributed by atoms with Gasteiger partial charge in [0.2, 0.25) is 5.71 Å². The molecule has 140 valence electrons. The lowest BCUT2D eigenvalue weighted by Gasteiger charge is -2.28. The molecule has 1 N–H and O–H groups in total. The average molecular weight is 364 g/mol. The molecule has 6 nitrogen and oxygen atoms in total. The van der Waals surface area contributed by atoms with Gasteiger partial charge in [0.05, 0.1) is 10.9 Å². The van der Waals surface area contributed by atoms with E-state index in [0.29, 0.717) is 22.4 Å². The van der Waals surface area contributed by atoms with E-state index in [1.54, 1.807) is 6.92 Å². The van der Waals surface area contributed by atoms with Gasteiger partial charge in [-0.15, -0.1) is 0 Å². The van der Waals surface area contributed by atoms with Gasteiger partial charge in [-0.05, 0) is 50.3 Å². The predicted molar refractivity (Wildman–Crippen MR) is 106 cm³/mol. The summed E-state index contributed by atoms with van der Waals surface area (Å²) in [6.45, 7) is 5.79. The number of aryl methyl sites for hydroxylation is 2. The van der Waals surface area contributed by atoms with E-state index in [1.165, 1.54) is 18.3 Å². The van der Waals surface area contributed by atoms with E-state index in [9.17, 15) is 4.79 Å². The maximum Gasteiger partial charge on any atom is 0.260 e. The van der Waals surface area contributed by atoms with Gasteiger partial charge < -0.3 is 14.6 Å². The van der Waals surface area contributed by atoms with E-state index in [1.807, 2.05) is 24.3 Å². The minimum atomic E-state index is -0.191. The van der Waals surface area contributed by atoms with E-state index in [-0.39, 0.29) is 5.91 Å². The van der Waals surface area contributed by atoms with Crippen LogP contribution in [-0.2, 0) is 6.42 Å². The Morgan fingerprint density at radius 2 is 1.89 bits per heavy atom. The Morgan fingerprint density at radius 1 is 1.15 bits per heavy atom. The monoisotopic (exact) mass is 364 g/mol. The molecule has 1 saturated heterocycles. The van der Waals surface area contributed by atoms with Crippen molar-refractivity contribution >= 4 is 28.5 Å². The van der Waals surface area contributed by atoms with E-state index in [2.05, 4.69) is 27.1 Å². The lowest BCUT2D eigenvalue weighted by molar-refractivity contribution is 0.102. The van der Waals surface area contributed by atoms with Gasteiger partial charge in [-0.25, -0.2) is 9.97 Å². The predicted octanol–water partition coefficient (Wildman–Crippen LogP) is 4.34. The summed E-state index contributed by atoms with van der Waals surface area (Å²) in [7, 11) is 0. The standard InChI is InChI=1S/C21H24N4O2/c1-3-15-7-9-16(10-8-15)24-20(26)17-14(2)27-21-18(17)19(22-13-23-21)25-11-5-4-6-12-25/h7-10,13H,3-6,11-12H2,1-2H3,(H,24,26). The van der Waals surface area contributed by atoms with E-state index < -0.39 is 0 Å². The van der Waals surface area contributed by atoms with Crippen LogP contribution >= 0.6 is 0 Å². The first-order valence-corrected chi connectivity index (χ1v) is 9.56. The van der Waals surface area contributed by atoms with Crippen LogP contribution in [0.2, 0.25) is 0 Å². The number of nitrogens with zero attached hydrogens (tertiary/aromatic N) is 3. The zero-order valence-corrected chi connectivity index (χ0v) is 15.8. The lowest BCUT2D eigenvalue weighted by atomic mass is 10.1. The molecule has 27 heavy (non-hydrogen) atoms. The number of benzene rings is 1. The zero-order chi connectivity index (χ0) is 18.8. The second-order valence-corrected chi connectivity index (χ2v) is 6.96. The van der Waals surface area contributed by atoms with Crippen LogP contribution in [0.1, 0.15) is 47.9 Å². The van der Waals surface area contributed by atoms with Gasteiger partial charge in [-0.3, -0.25) is 4.79 Å². The fourth-order valence-corrected chi connectivity index (χ4v) is 3.67. The number of aromatic nitrogens is 2. The molecule has 0 spiro atoms. The van der Waals surface area contributed by atoms with Crippen molar-refractivity contribution < 1.29 is 9.21 Å². The SMILES string of the molecule is CCc1ccc(NC(=O)c2c(C)oc3ncnc(N4CCCCC4)c23)cc1. The molecule has 2 aromatic heterocycles. The number of furan rings is 1. The summed E-state index contributed by atoms with van der Waals surface area (Å²) < 4.78 is 5.79. The fraction of sp³-hybridized carbons (Fsp3) is 0.381. The average Bonchev–Trinajstić information content (AvgIpc) is 3.05. The number of fused-ring (bicyclic) bond motifs is 1. The van der Waals surface area contributed by atoms with Crippen LogP contribution in [0.5, 0.6) is 0 Å². The summed E-state index contributed by atoms with van der Waals surface area (Å²) in [5.41, 5.74) is 2.99. The van der Waals surface area contributed by atoms with E-state index >= 15 is 0 Å². The molecule has 0 saturated carbocycles. The van der Waals surface area contributed by atoms with E-state index in [0.717, 1.165) is 43.9 Å². The Hall–Kier alpha value is -2.89. The first kappa shape index (κ1) is 17.5. The van der Waals surface area contributed by atoms with Gasteiger partial charge >= 0.3 is 0 Å². The van der Waals surface area contributed by atoms with Crippen LogP contribution in [0.25, 0.3) is 11.1 Å². The summed E-state index contributed by atoms with van der Waals surface area (Å²) in [6.07, 6.45) is 5.98. The maximum atomic E-state index is 13.1. The number of rotatable bonds is 4. The third kappa shape index (κ3) is 3.39. The normalized spacial score (nSPS) is 14.5. The highest BCUT2D eigenvalue weighted by molar-refractivity contribution is 6.15.